The predicted octanol–water partition coefficient (Wildman–Crippen LogP) is 6.01. The van der Waals surface area contributed by atoms with Gasteiger partial charge in [0.15, 0.2) is 5.76 Å². The number of nitrogens with zero attached hydrogens (tertiary/aromatic N) is 1. The van der Waals surface area contributed by atoms with Crippen molar-refractivity contribution < 1.29 is 18.7 Å². The maximum atomic E-state index is 13.1. The second kappa shape index (κ2) is 9.47. The van der Waals surface area contributed by atoms with Crippen LogP contribution in [0.2, 0.25) is 0 Å². The van der Waals surface area contributed by atoms with Gasteiger partial charge in [-0.25, -0.2) is 9.78 Å². The molecule has 162 valence electrons. The molecule has 2 aromatic carbocycles. The maximum absolute atomic E-state index is 13.1. The first-order valence-corrected chi connectivity index (χ1v) is 10.6. The second-order valence-corrected chi connectivity index (χ2v) is 7.50. The third-order valence-corrected chi connectivity index (χ3v) is 5.06. The third kappa shape index (κ3) is 4.70. The van der Waals surface area contributed by atoms with Gasteiger partial charge in [0.25, 0.3) is 5.91 Å². The van der Waals surface area contributed by atoms with Crippen molar-refractivity contribution in [1.82, 2.24) is 4.98 Å². The number of esters is 1. The molecule has 1 amide bonds. The highest BCUT2D eigenvalue weighted by molar-refractivity contribution is 6.13. The molecule has 4 rings (SSSR count). The molecule has 0 radical (unpaired) electrons. The first-order chi connectivity index (χ1) is 15.5. The highest BCUT2D eigenvalue weighted by Crippen LogP contribution is 2.27. The number of carbonyl (C=O) groups is 2. The zero-order chi connectivity index (χ0) is 22.5. The summed E-state index contributed by atoms with van der Waals surface area (Å²) in [5, 5.41) is 3.65. The molecule has 4 aromatic rings. The Balaban J connectivity index is 1.58. The van der Waals surface area contributed by atoms with Crippen LogP contribution in [-0.2, 0) is 4.74 Å². The Labute approximate surface area is 186 Å². The summed E-state index contributed by atoms with van der Waals surface area (Å²) >= 11 is 0. The second-order valence-electron chi connectivity index (χ2n) is 7.50. The van der Waals surface area contributed by atoms with Crippen molar-refractivity contribution in [2.45, 2.75) is 26.7 Å². The van der Waals surface area contributed by atoms with Crippen LogP contribution in [0.15, 0.2) is 71.1 Å². The van der Waals surface area contributed by atoms with Gasteiger partial charge in [-0.1, -0.05) is 31.5 Å². The number of hydrogen-bond acceptors (Lipinski definition) is 5. The lowest BCUT2D eigenvalue weighted by atomic mass is 10.1. The Hall–Kier alpha value is -3.93. The molecule has 32 heavy (non-hydrogen) atoms. The number of nitrogens with one attached hydrogen (secondary N) is 1. The number of hydrogen-bond donors (Lipinski definition) is 1. The van der Waals surface area contributed by atoms with Gasteiger partial charge in [0.05, 0.1) is 23.3 Å². The van der Waals surface area contributed by atoms with E-state index in [0.717, 1.165) is 24.0 Å². The summed E-state index contributed by atoms with van der Waals surface area (Å²) in [7, 11) is 0. The number of unbranched alkanes of at least 4 members (excludes halogenated alkanes) is 1. The van der Waals surface area contributed by atoms with Gasteiger partial charge in [-0.05, 0) is 61.9 Å². The fourth-order valence-corrected chi connectivity index (χ4v) is 3.34. The third-order valence-electron chi connectivity index (χ3n) is 5.06. The van der Waals surface area contributed by atoms with Gasteiger partial charge in [0, 0.05) is 11.1 Å². The van der Waals surface area contributed by atoms with Crippen molar-refractivity contribution in [2.24, 2.45) is 0 Å². The number of furan rings is 1. The highest BCUT2D eigenvalue weighted by Gasteiger charge is 2.16. The van der Waals surface area contributed by atoms with Crippen molar-refractivity contribution in [3.8, 4) is 11.5 Å². The first-order valence-electron chi connectivity index (χ1n) is 10.6. The molecule has 0 bridgehead atoms. The Kier molecular flexibility index (Phi) is 6.31. The molecule has 0 unspecified atom stereocenters. The summed E-state index contributed by atoms with van der Waals surface area (Å²) in [6.07, 6.45) is 1.79. The van der Waals surface area contributed by atoms with Gasteiger partial charge in [-0.15, -0.1) is 0 Å². The van der Waals surface area contributed by atoms with E-state index in [-0.39, 0.29) is 11.9 Å². The van der Waals surface area contributed by atoms with E-state index < -0.39 is 0 Å². The number of aryl methyl sites for hydroxylation is 1. The Morgan fingerprint density at radius 1 is 1.03 bits per heavy atom. The molecule has 6 nitrogen and oxygen atoms in total. The van der Waals surface area contributed by atoms with Crippen LogP contribution in [0.25, 0.3) is 22.4 Å². The van der Waals surface area contributed by atoms with E-state index in [1.54, 1.807) is 30.3 Å². The molecule has 2 aromatic heterocycles. The lowest BCUT2D eigenvalue weighted by Crippen LogP contribution is -2.13. The van der Waals surface area contributed by atoms with E-state index >= 15 is 0 Å². The van der Waals surface area contributed by atoms with Crippen LogP contribution in [0.1, 0.15) is 46.2 Å². The summed E-state index contributed by atoms with van der Waals surface area (Å²) in [4.78, 5) is 29.9. The van der Waals surface area contributed by atoms with Crippen molar-refractivity contribution in [3.05, 3.63) is 83.6 Å². The fourth-order valence-electron chi connectivity index (χ4n) is 3.34. The predicted molar refractivity (Wildman–Crippen MR) is 124 cm³/mol. The zero-order valence-corrected chi connectivity index (χ0v) is 18.1. The number of amides is 1. The number of benzene rings is 2. The van der Waals surface area contributed by atoms with Crippen LogP contribution in [0.4, 0.5) is 5.69 Å². The van der Waals surface area contributed by atoms with Crippen molar-refractivity contribution in [2.75, 3.05) is 11.9 Å². The molecule has 0 aliphatic heterocycles. The number of para-hydroxylation sites is 1. The minimum absolute atomic E-state index is 0.272. The molecular weight excluding hydrogens is 404 g/mol. The van der Waals surface area contributed by atoms with E-state index in [0.29, 0.717) is 40.4 Å². The molecule has 0 aliphatic rings. The molecule has 0 atom stereocenters. The molecule has 1 N–H and O–H groups in total. The van der Waals surface area contributed by atoms with Crippen molar-refractivity contribution in [1.29, 1.82) is 0 Å². The number of rotatable bonds is 7. The van der Waals surface area contributed by atoms with Crippen molar-refractivity contribution >= 4 is 28.5 Å². The lowest BCUT2D eigenvalue weighted by Gasteiger charge is -2.10. The van der Waals surface area contributed by atoms with Crippen molar-refractivity contribution in [3.63, 3.8) is 0 Å². The standard InChI is InChI=1S/C26H24N2O4/c1-3-4-15-31-26(30)18-10-12-19(13-11-18)27-25(29)21-16-23(24-14-9-17(2)32-24)28-22-8-6-5-7-20(21)22/h5-14,16H,3-4,15H2,1-2H3,(H,27,29). The smallest absolute Gasteiger partial charge is 0.338 e. The Morgan fingerprint density at radius 3 is 2.53 bits per heavy atom. The van der Waals surface area contributed by atoms with E-state index in [4.69, 9.17) is 9.15 Å². The number of ether oxygens (including phenoxy) is 1. The SMILES string of the molecule is CCCCOC(=O)c1ccc(NC(=O)c2cc(-c3ccc(C)o3)nc3ccccc23)cc1. The Bertz CT molecular complexity index is 1260. The molecule has 0 saturated heterocycles. The summed E-state index contributed by atoms with van der Waals surface area (Å²) in [6.45, 7) is 4.30. The summed E-state index contributed by atoms with van der Waals surface area (Å²) in [5.74, 6) is 0.740. The number of anilines is 1. The summed E-state index contributed by atoms with van der Waals surface area (Å²) in [6, 6.07) is 19.6. The highest BCUT2D eigenvalue weighted by atomic mass is 16.5. The van der Waals surface area contributed by atoms with Crippen LogP contribution in [-0.4, -0.2) is 23.5 Å². The Morgan fingerprint density at radius 2 is 1.81 bits per heavy atom. The maximum Gasteiger partial charge on any atom is 0.338 e. The minimum atomic E-state index is -0.366. The van der Waals surface area contributed by atoms with Crippen LogP contribution in [0.3, 0.4) is 0 Å². The monoisotopic (exact) mass is 428 g/mol. The van der Waals surface area contributed by atoms with Gasteiger partial charge in [0.1, 0.15) is 11.5 Å². The van der Waals surface area contributed by atoms with Gasteiger partial charge < -0.3 is 14.5 Å². The molecular formula is C26H24N2O4. The van der Waals surface area contributed by atoms with E-state index in [2.05, 4.69) is 10.3 Å². The molecule has 0 fully saturated rings. The fraction of sp³-hybridized carbons (Fsp3) is 0.192. The number of pyridine rings is 1. The number of aromatic nitrogens is 1. The van der Waals surface area contributed by atoms with E-state index in [9.17, 15) is 9.59 Å². The van der Waals surface area contributed by atoms with Crippen LogP contribution < -0.4 is 5.32 Å². The van der Waals surface area contributed by atoms with Crippen LogP contribution >= 0.6 is 0 Å². The molecule has 2 heterocycles. The minimum Gasteiger partial charge on any atom is -0.462 e. The normalized spacial score (nSPS) is 10.8. The largest absolute Gasteiger partial charge is 0.462 e. The first kappa shape index (κ1) is 21.3. The molecule has 6 heteroatoms. The van der Waals surface area contributed by atoms with E-state index in [1.807, 2.05) is 50.2 Å². The topological polar surface area (TPSA) is 81.4 Å². The average Bonchev–Trinajstić information content (AvgIpc) is 3.25. The van der Waals surface area contributed by atoms with Gasteiger partial charge in [0.2, 0.25) is 0 Å². The lowest BCUT2D eigenvalue weighted by molar-refractivity contribution is 0.0499. The van der Waals surface area contributed by atoms with Crippen LogP contribution in [0, 0.1) is 6.92 Å². The average molecular weight is 428 g/mol. The number of fused-ring (bicyclic) bond motifs is 1. The number of carbonyl (C=O) groups excluding carboxylic acids is 2. The van der Waals surface area contributed by atoms with Gasteiger partial charge >= 0.3 is 5.97 Å². The summed E-state index contributed by atoms with van der Waals surface area (Å²) in [5.41, 5.74) is 2.81. The summed E-state index contributed by atoms with van der Waals surface area (Å²) < 4.78 is 10.9. The van der Waals surface area contributed by atoms with Gasteiger partial charge in [-0.2, -0.15) is 0 Å². The quantitative estimate of drug-likeness (QED) is 0.288. The molecule has 0 saturated carbocycles. The van der Waals surface area contributed by atoms with Crippen LogP contribution in [0.5, 0.6) is 0 Å². The van der Waals surface area contributed by atoms with E-state index in [1.165, 1.54) is 0 Å². The van der Waals surface area contributed by atoms with Gasteiger partial charge in [-0.3, -0.25) is 4.79 Å². The zero-order valence-electron chi connectivity index (χ0n) is 18.1. The molecule has 0 spiro atoms. The molecule has 0 aliphatic carbocycles.